The lowest BCUT2D eigenvalue weighted by atomic mass is 9.96. The number of carboxylic acid groups (broad SMARTS) is 3. The Bertz CT molecular complexity index is 1760. The maximum Gasteiger partial charge on any atom is 0.490 e. The van der Waals surface area contributed by atoms with Gasteiger partial charge in [-0.15, -0.1) is 0 Å². The van der Waals surface area contributed by atoms with Crippen LogP contribution < -0.4 is 5.73 Å². The molecule has 0 amide bonds. The van der Waals surface area contributed by atoms with Gasteiger partial charge in [0, 0.05) is 32.0 Å². The maximum atomic E-state index is 11.1. The highest BCUT2D eigenvalue weighted by atomic mass is 19.4. The molecule has 1 saturated heterocycles. The molecule has 50 heavy (non-hydrogen) atoms. The largest absolute Gasteiger partial charge is 0.490 e. The van der Waals surface area contributed by atoms with E-state index in [1.54, 1.807) is 7.11 Å². The lowest BCUT2D eigenvalue weighted by Crippen LogP contribution is -2.34. The van der Waals surface area contributed by atoms with Crippen LogP contribution in [0.15, 0.2) is 48.5 Å². The van der Waals surface area contributed by atoms with Gasteiger partial charge in [-0.1, -0.05) is 42.5 Å². The minimum atomic E-state index is -5.08. The number of nitrogen functional groups attached to an aromatic ring is 1. The van der Waals surface area contributed by atoms with Gasteiger partial charge < -0.3 is 30.4 Å². The number of piperidine rings is 1. The van der Waals surface area contributed by atoms with E-state index in [9.17, 15) is 31.1 Å². The summed E-state index contributed by atoms with van der Waals surface area (Å²) < 4.78 is 71.2. The van der Waals surface area contributed by atoms with Gasteiger partial charge in [0.15, 0.2) is 5.82 Å². The number of hydrogen-bond donors (Lipinski definition) is 4. The van der Waals surface area contributed by atoms with Gasteiger partial charge in [-0.3, -0.25) is 9.69 Å². The Morgan fingerprint density at radius 2 is 1.48 bits per heavy atom. The van der Waals surface area contributed by atoms with Crippen molar-refractivity contribution in [3.63, 3.8) is 0 Å². The van der Waals surface area contributed by atoms with E-state index in [1.165, 1.54) is 5.56 Å². The molecule has 3 heterocycles. The van der Waals surface area contributed by atoms with Gasteiger partial charge in [0.25, 0.3) is 0 Å². The number of anilines is 1. The highest BCUT2D eigenvalue weighted by molar-refractivity contribution is 6.06. The summed E-state index contributed by atoms with van der Waals surface area (Å²) in [7, 11) is 1.71. The van der Waals surface area contributed by atoms with E-state index in [2.05, 4.69) is 26.6 Å². The highest BCUT2D eigenvalue weighted by Gasteiger charge is 2.39. The molecule has 0 saturated carbocycles. The molecule has 12 nitrogen and oxygen atoms in total. The van der Waals surface area contributed by atoms with E-state index >= 15 is 0 Å². The normalized spacial score (nSPS) is 14.1. The lowest BCUT2D eigenvalue weighted by molar-refractivity contribution is -0.193. The Morgan fingerprint density at radius 3 is 2.04 bits per heavy atom. The van der Waals surface area contributed by atoms with Crippen LogP contribution in [0.2, 0.25) is 0 Å². The first-order valence-electron chi connectivity index (χ1n) is 15.0. The number of carbonyl (C=O) groups is 3. The predicted octanol–water partition coefficient (Wildman–Crippen LogP) is 5.16. The second-order valence-corrected chi connectivity index (χ2v) is 11.3. The number of ether oxygens (including phenoxy) is 1. The SMILES string of the molecule is COCCc1nc2c(N)nc3ccccc3c2n1CC1CCN(Cc2cccc(CC(=O)O)c2)CC1.O=C(O)C(F)(F)F.O=C(O)C(F)(F)F. The van der Waals surface area contributed by atoms with Crippen molar-refractivity contribution in [3.8, 4) is 0 Å². The zero-order valence-corrected chi connectivity index (χ0v) is 26.7. The number of rotatable bonds is 9. The summed E-state index contributed by atoms with van der Waals surface area (Å²) in [6, 6.07) is 16.1. The Morgan fingerprint density at radius 1 is 0.900 bits per heavy atom. The van der Waals surface area contributed by atoms with E-state index in [4.69, 9.17) is 40.4 Å². The van der Waals surface area contributed by atoms with E-state index in [0.29, 0.717) is 18.3 Å². The van der Waals surface area contributed by atoms with Crippen LogP contribution in [0.5, 0.6) is 0 Å². The molecule has 0 radical (unpaired) electrons. The average molecular weight is 716 g/mol. The number of nitrogens with two attached hydrogens (primary N) is 1. The number of fused-ring (bicyclic) bond motifs is 3. The summed E-state index contributed by atoms with van der Waals surface area (Å²) >= 11 is 0. The first-order chi connectivity index (χ1) is 23.4. The average Bonchev–Trinajstić information content (AvgIpc) is 3.39. The molecular weight excluding hydrogens is 680 g/mol. The number of carboxylic acids is 3. The number of aliphatic carboxylic acids is 3. The molecule has 2 aromatic carbocycles. The topological polar surface area (TPSA) is 181 Å². The molecule has 2 aromatic heterocycles. The third-order valence-corrected chi connectivity index (χ3v) is 7.60. The van der Waals surface area contributed by atoms with Gasteiger partial charge in [-0.05, 0) is 49.0 Å². The number of imidazole rings is 1. The van der Waals surface area contributed by atoms with Crippen LogP contribution in [0.25, 0.3) is 21.9 Å². The molecule has 5 N–H and O–H groups in total. The lowest BCUT2D eigenvalue weighted by Gasteiger charge is -2.32. The monoisotopic (exact) mass is 715 g/mol. The van der Waals surface area contributed by atoms with Gasteiger partial charge in [0.05, 0.1) is 24.1 Å². The number of halogens is 6. The predicted molar refractivity (Wildman–Crippen MR) is 168 cm³/mol. The van der Waals surface area contributed by atoms with Crippen molar-refractivity contribution in [1.82, 2.24) is 19.4 Å². The Kier molecular flexibility index (Phi) is 13.5. The molecule has 5 rings (SSSR count). The van der Waals surface area contributed by atoms with Crippen LogP contribution in [0, 0.1) is 5.92 Å². The van der Waals surface area contributed by atoms with Gasteiger partial charge in [0.2, 0.25) is 0 Å². The Hall–Kier alpha value is -4.97. The molecule has 0 unspecified atom stereocenters. The molecule has 1 fully saturated rings. The highest BCUT2D eigenvalue weighted by Crippen LogP contribution is 2.31. The molecule has 0 atom stereocenters. The third kappa shape index (κ3) is 11.3. The van der Waals surface area contributed by atoms with Crippen LogP contribution in [-0.4, -0.2) is 91.8 Å². The number of benzene rings is 2. The fraction of sp³-hybridized carbons (Fsp3) is 0.406. The number of hydrogen-bond acceptors (Lipinski definition) is 8. The molecule has 1 aliphatic heterocycles. The van der Waals surface area contributed by atoms with Crippen LogP contribution in [0.3, 0.4) is 0 Å². The molecule has 0 bridgehead atoms. The number of para-hydroxylation sites is 1. The van der Waals surface area contributed by atoms with Crippen molar-refractivity contribution < 1.29 is 60.8 Å². The zero-order valence-electron chi connectivity index (χ0n) is 26.7. The van der Waals surface area contributed by atoms with E-state index in [1.807, 2.05) is 36.4 Å². The molecule has 272 valence electrons. The third-order valence-electron chi connectivity index (χ3n) is 7.60. The smallest absolute Gasteiger partial charge is 0.481 e. The minimum Gasteiger partial charge on any atom is -0.481 e. The quantitative estimate of drug-likeness (QED) is 0.168. The number of aromatic nitrogens is 3. The fourth-order valence-corrected chi connectivity index (χ4v) is 5.34. The van der Waals surface area contributed by atoms with E-state index in [0.717, 1.165) is 78.8 Å². The molecular formula is C32H35F6N5O7. The van der Waals surface area contributed by atoms with Crippen molar-refractivity contribution in [3.05, 3.63) is 65.5 Å². The van der Waals surface area contributed by atoms with Crippen molar-refractivity contribution in [1.29, 1.82) is 0 Å². The summed E-state index contributed by atoms with van der Waals surface area (Å²) in [5.41, 5.74) is 11.1. The molecule has 4 aromatic rings. The molecule has 0 aliphatic carbocycles. The van der Waals surface area contributed by atoms with Crippen molar-refractivity contribution >= 4 is 45.7 Å². The standard InChI is InChI=1S/C28H33N5O3.2C2HF3O2/c1-36-14-11-24-31-26-27(22-7-2-3-8-23(22)30-28(26)29)33(24)18-19-9-12-32(13-10-19)17-21-6-4-5-20(15-21)16-25(34)35;2*3-2(4,5)1(6)7/h2-8,15,19H,9-14,16-18H2,1H3,(H2,29,30)(H,34,35);2*(H,6,7). The van der Waals surface area contributed by atoms with Gasteiger partial charge in [-0.25, -0.2) is 19.6 Å². The summed E-state index contributed by atoms with van der Waals surface area (Å²) in [6.07, 6.45) is -7.19. The first kappa shape index (κ1) is 39.5. The van der Waals surface area contributed by atoms with Crippen LogP contribution in [0.1, 0.15) is 29.8 Å². The Balaban J connectivity index is 0.000000408. The minimum absolute atomic E-state index is 0.0644. The summed E-state index contributed by atoms with van der Waals surface area (Å²) in [5.74, 6) is -4.31. The first-order valence-corrected chi connectivity index (χ1v) is 15.0. The zero-order chi connectivity index (χ0) is 37.2. The van der Waals surface area contributed by atoms with Gasteiger partial charge in [0.1, 0.15) is 11.3 Å². The second kappa shape index (κ2) is 17.1. The van der Waals surface area contributed by atoms with Crippen LogP contribution in [-0.2, 0) is 45.1 Å². The van der Waals surface area contributed by atoms with Crippen molar-refractivity contribution in [2.24, 2.45) is 5.92 Å². The number of alkyl halides is 6. The maximum absolute atomic E-state index is 11.1. The summed E-state index contributed by atoms with van der Waals surface area (Å²) in [5, 5.41) is 24.4. The van der Waals surface area contributed by atoms with E-state index in [-0.39, 0.29) is 6.42 Å². The number of nitrogens with zero attached hydrogens (tertiary/aromatic N) is 4. The molecule has 18 heteroatoms. The van der Waals surface area contributed by atoms with Crippen molar-refractivity contribution in [2.75, 3.05) is 32.5 Å². The summed E-state index contributed by atoms with van der Waals surface area (Å²) in [6.45, 7) is 4.37. The van der Waals surface area contributed by atoms with Crippen LogP contribution >= 0.6 is 0 Å². The molecule has 1 aliphatic rings. The fourth-order valence-electron chi connectivity index (χ4n) is 5.34. The second-order valence-electron chi connectivity index (χ2n) is 11.3. The summed E-state index contributed by atoms with van der Waals surface area (Å²) in [4.78, 5) is 40.8. The van der Waals surface area contributed by atoms with Gasteiger partial charge >= 0.3 is 30.3 Å². The van der Waals surface area contributed by atoms with Crippen LogP contribution in [0.4, 0.5) is 32.2 Å². The number of pyridine rings is 1. The van der Waals surface area contributed by atoms with Crippen molar-refractivity contribution in [2.45, 2.75) is 51.1 Å². The molecule has 0 spiro atoms. The Labute approximate surface area is 281 Å². The number of methoxy groups -OCH3 is 1. The van der Waals surface area contributed by atoms with E-state index < -0.39 is 30.3 Å². The van der Waals surface area contributed by atoms with Gasteiger partial charge in [-0.2, -0.15) is 26.3 Å². The number of likely N-dealkylation sites (tertiary alicyclic amines) is 1.